The van der Waals surface area contributed by atoms with Crippen molar-refractivity contribution in [2.75, 3.05) is 11.9 Å². The van der Waals surface area contributed by atoms with Gasteiger partial charge < -0.3 is 14.8 Å². The number of rotatable bonds is 7. The Morgan fingerprint density at radius 3 is 2.22 bits per heavy atom. The van der Waals surface area contributed by atoms with E-state index in [0.29, 0.717) is 30.0 Å². The molecule has 0 bridgehead atoms. The minimum atomic E-state index is -0.602. The van der Waals surface area contributed by atoms with Gasteiger partial charge in [-0.25, -0.2) is 4.79 Å². The molecule has 0 aliphatic heterocycles. The second-order valence-electron chi connectivity index (χ2n) is 6.58. The maximum absolute atomic E-state index is 12.7. The molecule has 0 radical (unpaired) electrons. The van der Waals surface area contributed by atoms with Gasteiger partial charge in [0.1, 0.15) is 5.75 Å². The number of esters is 1. The Balaban J connectivity index is 2.11. The molecule has 1 amide bonds. The molecule has 144 valence electrons. The minimum absolute atomic E-state index is 0.219. The Bertz CT molecular complexity index is 809. The number of benzene rings is 2. The molecule has 0 aliphatic rings. The van der Waals surface area contributed by atoms with E-state index < -0.39 is 6.10 Å². The van der Waals surface area contributed by atoms with Crippen LogP contribution < -0.4 is 10.1 Å². The highest BCUT2D eigenvalue weighted by molar-refractivity contribution is 5.96. The van der Waals surface area contributed by atoms with Crippen LogP contribution in [0.5, 0.6) is 5.75 Å². The fraction of sp³-hybridized carbons (Fsp3) is 0.364. The first-order chi connectivity index (χ1) is 12.8. The molecule has 2 aromatic carbocycles. The predicted molar refractivity (Wildman–Crippen MR) is 106 cm³/mol. The van der Waals surface area contributed by atoms with Crippen LogP contribution in [0.1, 0.15) is 47.3 Å². The highest BCUT2D eigenvalue weighted by Gasteiger charge is 2.20. The van der Waals surface area contributed by atoms with Crippen molar-refractivity contribution >= 4 is 17.6 Å². The van der Waals surface area contributed by atoms with Crippen LogP contribution in [0.15, 0.2) is 36.4 Å². The molecule has 0 spiro atoms. The van der Waals surface area contributed by atoms with Crippen molar-refractivity contribution in [3.8, 4) is 5.75 Å². The second kappa shape index (κ2) is 9.21. The lowest BCUT2D eigenvalue weighted by Crippen LogP contribution is -2.32. The molecule has 0 saturated heterocycles. The zero-order valence-corrected chi connectivity index (χ0v) is 16.6. The monoisotopic (exact) mass is 369 g/mol. The van der Waals surface area contributed by atoms with Gasteiger partial charge in [0.25, 0.3) is 5.91 Å². The average molecular weight is 369 g/mol. The summed E-state index contributed by atoms with van der Waals surface area (Å²) in [5, 5.41) is 2.89. The van der Waals surface area contributed by atoms with Crippen molar-refractivity contribution in [2.24, 2.45) is 0 Å². The highest BCUT2D eigenvalue weighted by Crippen LogP contribution is 2.21. The van der Waals surface area contributed by atoms with Crippen molar-refractivity contribution in [3.63, 3.8) is 0 Å². The van der Waals surface area contributed by atoms with Gasteiger partial charge in [0.05, 0.1) is 12.2 Å². The van der Waals surface area contributed by atoms with Gasteiger partial charge in [-0.2, -0.15) is 0 Å². The second-order valence-corrected chi connectivity index (χ2v) is 6.58. The molecule has 5 nitrogen and oxygen atoms in total. The maximum atomic E-state index is 12.7. The average Bonchev–Trinajstić information content (AvgIpc) is 2.60. The van der Waals surface area contributed by atoms with Crippen molar-refractivity contribution in [1.29, 1.82) is 0 Å². The molecule has 0 unspecified atom stereocenters. The Labute approximate surface area is 160 Å². The standard InChI is InChI=1S/C22H27NO4/c1-6-20(27-18-11-14(3)10-15(4)12-18)21(24)23-19-9-8-17(13-16(19)5)22(25)26-7-2/h8-13,20H,6-7H2,1-5H3,(H,23,24)/t20-/m0/s1. The SMILES string of the molecule is CCOC(=O)c1ccc(NC(=O)[C@H](CC)Oc2cc(C)cc(C)c2)c(C)c1. The third kappa shape index (κ3) is 5.58. The lowest BCUT2D eigenvalue weighted by atomic mass is 10.1. The topological polar surface area (TPSA) is 64.6 Å². The Morgan fingerprint density at radius 1 is 1.00 bits per heavy atom. The minimum Gasteiger partial charge on any atom is -0.481 e. The number of anilines is 1. The summed E-state index contributed by atoms with van der Waals surface area (Å²) >= 11 is 0. The van der Waals surface area contributed by atoms with Crippen LogP contribution in [0.25, 0.3) is 0 Å². The van der Waals surface area contributed by atoms with E-state index in [0.717, 1.165) is 16.7 Å². The van der Waals surface area contributed by atoms with E-state index in [4.69, 9.17) is 9.47 Å². The number of carbonyl (C=O) groups is 2. The van der Waals surface area contributed by atoms with Crippen LogP contribution >= 0.6 is 0 Å². The maximum Gasteiger partial charge on any atom is 0.338 e. The Kier molecular flexibility index (Phi) is 6.99. The third-order valence-electron chi connectivity index (χ3n) is 4.13. The molecule has 0 heterocycles. The molecule has 2 aromatic rings. The molecule has 1 N–H and O–H groups in total. The van der Waals surface area contributed by atoms with Crippen molar-refractivity contribution in [3.05, 3.63) is 58.7 Å². The van der Waals surface area contributed by atoms with E-state index in [1.54, 1.807) is 25.1 Å². The largest absolute Gasteiger partial charge is 0.481 e. The molecule has 0 aliphatic carbocycles. The van der Waals surface area contributed by atoms with Gasteiger partial charge in [-0.1, -0.05) is 13.0 Å². The number of aryl methyl sites for hydroxylation is 3. The van der Waals surface area contributed by atoms with Crippen LogP contribution in [0.4, 0.5) is 5.69 Å². The van der Waals surface area contributed by atoms with Gasteiger partial charge in [0.15, 0.2) is 6.10 Å². The molecule has 0 fully saturated rings. The summed E-state index contributed by atoms with van der Waals surface area (Å²) in [7, 11) is 0. The number of nitrogens with one attached hydrogen (secondary N) is 1. The summed E-state index contributed by atoms with van der Waals surface area (Å²) < 4.78 is 10.9. The Hall–Kier alpha value is -2.82. The molecule has 2 rings (SSSR count). The van der Waals surface area contributed by atoms with Crippen LogP contribution in [-0.4, -0.2) is 24.6 Å². The highest BCUT2D eigenvalue weighted by atomic mass is 16.5. The molecule has 0 aromatic heterocycles. The molecule has 0 saturated carbocycles. The smallest absolute Gasteiger partial charge is 0.338 e. The normalized spacial score (nSPS) is 11.6. The van der Waals surface area contributed by atoms with Crippen molar-refractivity contribution < 1.29 is 19.1 Å². The van der Waals surface area contributed by atoms with E-state index in [-0.39, 0.29) is 11.9 Å². The van der Waals surface area contributed by atoms with Crippen LogP contribution in [0.2, 0.25) is 0 Å². The zero-order valence-electron chi connectivity index (χ0n) is 16.6. The molecule has 27 heavy (non-hydrogen) atoms. The van der Waals surface area contributed by atoms with Crippen LogP contribution in [0, 0.1) is 20.8 Å². The van der Waals surface area contributed by atoms with Gasteiger partial charge in [0, 0.05) is 5.69 Å². The predicted octanol–water partition coefficient (Wildman–Crippen LogP) is 4.58. The van der Waals surface area contributed by atoms with Gasteiger partial charge in [-0.3, -0.25) is 4.79 Å². The third-order valence-corrected chi connectivity index (χ3v) is 4.13. The zero-order chi connectivity index (χ0) is 20.0. The molecular formula is C22H27NO4. The number of ether oxygens (including phenoxy) is 2. The van der Waals surface area contributed by atoms with Gasteiger partial charge in [-0.15, -0.1) is 0 Å². The quantitative estimate of drug-likeness (QED) is 0.725. The van der Waals surface area contributed by atoms with E-state index in [2.05, 4.69) is 11.4 Å². The first-order valence-electron chi connectivity index (χ1n) is 9.17. The van der Waals surface area contributed by atoms with Crippen molar-refractivity contribution in [1.82, 2.24) is 0 Å². The summed E-state index contributed by atoms with van der Waals surface area (Å²) in [5.41, 5.74) is 4.08. The van der Waals surface area contributed by atoms with Crippen molar-refractivity contribution in [2.45, 2.75) is 47.1 Å². The van der Waals surface area contributed by atoms with Gasteiger partial charge >= 0.3 is 5.97 Å². The lowest BCUT2D eigenvalue weighted by Gasteiger charge is -2.19. The Morgan fingerprint density at radius 2 is 1.67 bits per heavy atom. The fourth-order valence-corrected chi connectivity index (χ4v) is 2.85. The van der Waals surface area contributed by atoms with Gasteiger partial charge in [-0.05, 0) is 81.1 Å². The number of carbonyl (C=O) groups excluding carboxylic acids is 2. The number of hydrogen-bond donors (Lipinski definition) is 1. The molecule has 5 heteroatoms. The summed E-state index contributed by atoms with van der Waals surface area (Å²) in [6.07, 6.45) is -0.0611. The summed E-state index contributed by atoms with van der Waals surface area (Å²) in [5.74, 6) is 0.0931. The first kappa shape index (κ1) is 20.5. The summed E-state index contributed by atoms with van der Waals surface area (Å²) in [6, 6.07) is 11.0. The van der Waals surface area contributed by atoms with E-state index in [9.17, 15) is 9.59 Å². The van der Waals surface area contributed by atoms with Crippen LogP contribution in [-0.2, 0) is 9.53 Å². The van der Waals surface area contributed by atoms with Crippen LogP contribution in [0.3, 0.4) is 0 Å². The van der Waals surface area contributed by atoms with Gasteiger partial charge in [0.2, 0.25) is 0 Å². The number of amides is 1. The summed E-state index contributed by atoms with van der Waals surface area (Å²) in [4.78, 5) is 24.5. The first-order valence-corrected chi connectivity index (χ1v) is 9.17. The van der Waals surface area contributed by atoms with E-state index >= 15 is 0 Å². The lowest BCUT2D eigenvalue weighted by molar-refractivity contribution is -0.122. The van der Waals surface area contributed by atoms with E-state index in [1.807, 2.05) is 39.8 Å². The van der Waals surface area contributed by atoms with E-state index in [1.165, 1.54) is 0 Å². The summed E-state index contributed by atoms with van der Waals surface area (Å²) in [6.45, 7) is 9.82. The molecular weight excluding hydrogens is 342 g/mol. The fourth-order valence-electron chi connectivity index (χ4n) is 2.85. The molecule has 1 atom stereocenters. The number of hydrogen-bond acceptors (Lipinski definition) is 4.